The third-order valence-electron chi connectivity index (χ3n) is 2.81. The quantitative estimate of drug-likeness (QED) is 0.854. The zero-order chi connectivity index (χ0) is 12.8. The molecule has 0 amide bonds. The van der Waals surface area contributed by atoms with Crippen molar-refractivity contribution in [3.63, 3.8) is 0 Å². The van der Waals surface area contributed by atoms with E-state index in [9.17, 15) is 0 Å². The Hall–Kier alpha value is -1.55. The summed E-state index contributed by atoms with van der Waals surface area (Å²) in [5.74, 6) is 1.89. The highest BCUT2D eigenvalue weighted by Crippen LogP contribution is 2.14. The van der Waals surface area contributed by atoms with Crippen LogP contribution in [0.25, 0.3) is 0 Å². The molecule has 0 aromatic heterocycles. The van der Waals surface area contributed by atoms with Crippen molar-refractivity contribution in [3.05, 3.63) is 29.8 Å². The fourth-order valence-electron chi connectivity index (χ4n) is 1.81. The topological polar surface area (TPSA) is 36.9 Å². The van der Waals surface area contributed by atoms with Gasteiger partial charge in [-0.2, -0.15) is 0 Å². The molecule has 1 aromatic rings. The molecule has 0 saturated carbocycles. The van der Waals surface area contributed by atoms with Crippen molar-refractivity contribution in [2.45, 2.75) is 6.42 Å². The van der Waals surface area contributed by atoms with Crippen LogP contribution in [0.1, 0.15) is 12.0 Å². The maximum absolute atomic E-state index is 5.72. The summed E-state index contributed by atoms with van der Waals surface area (Å²) in [6.07, 6.45) is 1.11. The summed E-state index contributed by atoms with van der Waals surface area (Å²) in [7, 11) is 4.08. The third-order valence-corrected chi connectivity index (χ3v) is 2.81. The molecule has 0 aliphatic carbocycles. The molecule has 1 aliphatic rings. The Balaban J connectivity index is 1.98. The van der Waals surface area contributed by atoms with Crippen molar-refractivity contribution in [2.24, 2.45) is 4.99 Å². The van der Waals surface area contributed by atoms with Crippen LogP contribution in [0.2, 0.25) is 0 Å². The summed E-state index contributed by atoms with van der Waals surface area (Å²) in [5.41, 5.74) is 1.11. The first kappa shape index (κ1) is 12.9. The Bertz CT molecular complexity index is 415. The molecule has 0 bridgehead atoms. The minimum Gasteiger partial charge on any atom is -0.492 e. The van der Waals surface area contributed by atoms with E-state index >= 15 is 0 Å². The number of amidine groups is 1. The number of rotatable bonds is 5. The van der Waals surface area contributed by atoms with E-state index in [0.29, 0.717) is 6.61 Å². The van der Waals surface area contributed by atoms with Crippen molar-refractivity contribution in [3.8, 4) is 5.75 Å². The van der Waals surface area contributed by atoms with Gasteiger partial charge in [-0.05, 0) is 32.6 Å². The van der Waals surface area contributed by atoms with E-state index in [-0.39, 0.29) is 0 Å². The van der Waals surface area contributed by atoms with Crippen LogP contribution in [0.15, 0.2) is 29.3 Å². The maximum Gasteiger partial charge on any atom is 0.128 e. The summed E-state index contributed by atoms with van der Waals surface area (Å²) in [5, 5.41) is 3.32. The molecule has 1 aromatic carbocycles. The molecule has 18 heavy (non-hydrogen) atoms. The first-order valence-corrected chi connectivity index (χ1v) is 6.42. The number of nitrogens with one attached hydrogen (secondary N) is 1. The van der Waals surface area contributed by atoms with Crippen molar-refractivity contribution >= 4 is 5.84 Å². The van der Waals surface area contributed by atoms with Crippen molar-refractivity contribution < 1.29 is 4.74 Å². The second-order valence-corrected chi connectivity index (χ2v) is 4.69. The summed E-state index contributed by atoms with van der Waals surface area (Å²) in [4.78, 5) is 6.60. The molecule has 0 unspecified atom stereocenters. The maximum atomic E-state index is 5.72. The molecule has 98 valence electrons. The lowest BCUT2D eigenvalue weighted by Crippen LogP contribution is -2.30. The Morgan fingerprint density at radius 2 is 2.28 bits per heavy atom. The normalized spacial score (nSPS) is 15.2. The second kappa shape index (κ2) is 6.40. The minimum atomic E-state index is 0.705. The van der Waals surface area contributed by atoms with Gasteiger partial charge in [0.2, 0.25) is 0 Å². The number of hydrogen-bond donors (Lipinski definition) is 1. The smallest absolute Gasteiger partial charge is 0.128 e. The van der Waals surface area contributed by atoms with E-state index in [0.717, 1.165) is 43.2 Å². The molecule has 0 saturated heterocycles. The van der Waals surface area contributed by atoms with Gasteiger partial charge in [-0.25, -0.2) is 0 Å². The van der Waals surface area contributed by atoms with E-state index in [1.54, 1.807) is 0 Å². The zero-order valence-electron chi connectivity index (χ0n) is 11.1. The predicted molar refractivity (Wildman–Crippen MR) is 74.5 cm³/mol. The molecular weight excluding hydrogens is 226 g/mol. The molecule has 0 atom stereocenters. The highest BCUT2D eigenvalue weighted by atomic mass is 16.5. The van der Waals surface area contributed by atoms with Gasteiger partial charge in [0.05, 0.1) is 0 Å². The van der Waals surface area contributed by atoms with Crippen LogP contribution in [0.5, 0.6) is 5.75 Å². The van der Waals surface area contributed by atoms with E-state index in [1.807, 2.05) is 32.3 Å². The van der Waals surface area contributed by atoms with Gasteiger partial charge < -0.3 is 15.0 Å². The molecular formula is C14H21N3O. The highest BCUT2D eigenvalue weighted by Gasteiger charge is 2.07. The van der Waals surface area contributed by atoms with E-state index in [2.05, 4.69) is 21.3 Å². The average molecular weight is 247 g/mol. The molecule has 0 fully saturated rings. The fourth-order valence-corrected chi connectivity index (χ4v) is 1.81. The molecule has 4 nitrogen and oxygen atoms in total. The summed E-state index contributed by atoms with van der Waals surface area (Å²) < 4.78 is 5.72. The standard InChI is InChI=1S/C14H21N3O/c1-17(2)9-10-18-13-6-3-5-12(11-13)14-15-7-4-8-16-14/h3,5-6,11H,4,7-10H2,1-2H3,(H,15,16). The van der Waals surface area contributed by atoms with Crippen LogP contribution in [0.4, 0.5) is 0 Å². The number of nitrogens with zero attached hydrogens (tertiary/aromatic N) is 2. The Labute approximate surface area is 109 Å². The molecule has 1 heterocycles. The van der Waals surface area contributed by atoms with Crippen molar-refractivity contribution in [2.75, 3.05) is 40.3 Å². The van der Waals surface area contributed by atoms with E-state index < -0.39 is 0 Å². The van der Waals surface area contributed by atoms with Gasteiger partial charge in [0, 0.05) is 25.2 Å². The van der Waals surface area contributed by atoms with Crippen molar-refractivity contribution in [1.82, 2.24) is 10.2 Å². The Morgan fingerprint density at radius 1 is 1.39 bits per heavy atom. The fraction of sp³-hybridized carbons (Fsp3) is 0.500. The number of likely N-dealkylation sites (N-methyl/N-ethyl adjacent to an activating group) is 1. The lowest BCUT2D eigenvalue weighted by molar-refractivity contribution is 0.261. The van der Waals surface area contributed by atoms with Crippen LogP contribution in [0, 0.1) is 0 Å². The lowest BCUT2D eigenvalue weighted by Gasteiger charge is -2.16. The molecule has 1 N–H and O–H groups in total. The largest absolute Gasteiger partial charge is 0.492 e. The van der Waals surface area contributed by atoms with Crippen molar-refractivity contribution in [1.29, 1.82) is 0 Å². The van der Waals surface area contributed by atoms with Gasteiger partial charge in [0.25, 0.3) is 0 Å². The van der Waals surface area contributed by atoms with Gasteiger partial charge in [-0.1, -0.05) is 12.1 Å². The third kappa shape index (κ3) is 3.74. The summed E-state index contributed by atoms with van der Waals surface area (Å²) >= 11 is 0. The van der Waals surface area contributed by atoms with Gasteiger partial charge >= 0.3 is 0 Å². The molecule has 2 rings (SSSR count). The minimum absolute atomic E-state index is 0.705. The molecule has 4 heteroatoms. The zero-order valence-corrected chi connectivity index (χ0v) is 11.1. The predicted octanol–water partition coefficient (Wildman–Crippen LogP) is 1.37. The number of ether oxygens (including phenoxy) is 1. The number of benzene rings is 1. The van der Waals surface area contributed by atoms with Crippen LogP contribution in [-0.4, -0.2) is 51.1 Å². The van der Waals surface area contributed by atoms with E-state index in [1.165, 1.54) is 0 Å². The highest BCUT2D eigenvalue weighted by molar-refractivity contribution is 5.99. The Morgan fingerprint density at radius 3 is 3.00 bits per heavy atom. The van der Waals surface area contributed by atoms with Crippen LogP contribution in [-0.2, 0) is 0 Å². The van der Waals surface area contributed by atoms with Crippen LogP contribution >= 0.6 is 0 Å². The average Bonchev–Trinajstić information content (AvgIpc) is 2.40. The summed E-state index contributed by atoms with van der Waals surface area (Å²) in [6, 6.07) is 8.12. The van der Waals surface area contributed by atoms with Gasteiger partial charge in [0.15, 0.2) is 0 Å². The van der Waals surface area contributed by atoms with Gasteiger partial charge in [-0.3, -0.25) is 4.99 Å². The monoisotopic (exact) mass is 247 g/mol. The molecule has 0 spiro atoms. The Kier molecular flexibility index (Phi) is 4.59. The van der Waals surface area contributed by atoms with Crippen LogP contribution in [0.3, 0.4) is 0 Å². The van der Waals surface area contributed by atoms with Crippen LogP contribution < -0.4 is 10.1 Å². The van der Waals surface area contributed by atoms with E-state index in [4.69, 9.17) is 4.74 Å². The molecule has 1 aliphatic heterocycles. The SMILES string of the molecule is CN(C)CCOc1cccc(C2=NCCCN2)c1. The summed E-state index contributed by atoms with van der Waals surface area (Å²) in [6.45, 7) is 3.54. The molecule has 0 radical (unpaired) electrons. The lowest BCUT2D eigenvalue weighted by atomic mass is 10.1. The number of aliphatic imine (C=N–C) groups is 1. The second-order valence-electron chi connectivity index (χ2n) is 4.69. The first-order chi connectivity index (χ1) is 8.75. The first-order valence-electron chi connectivity index (χ1n) is 6.42. The van der Waals surface area contributed by atoms with Gasteiger partial charge in [0.1, 0.15) is 18.2 Å². The number of hydrogen-bond acceptors (Lipinski definition) is 4. The van der Waals surface area contributed by atoms with Gasteiger partial charge in [-0.15, -0.1) is 0 Å².